The van der Waals surface area contributed by atoms with Gasteiger partial charge in [0, 0.05) is 13.6 Å². The van der Waals surface area contributed by atoms with Gasteiger partial charge >= 0.3 is 0 Å². The molecule has 0 radical (unpaired) electrons. The normalized spacial score (nSPS) is 31.2. The van der Waals surface area contributed by atoms with Gasteiger partial charge in [-0.25, -0.2) is 0 Å². The standard InChI is InChI=1S/C16H25N3O4.ClH/c1-16(2,7-17)8-18(3)11(20)6-19-14(21)12-9-4-5-10(23-9)13(12)15(19)22;/h9-10,12-13H,4-8,17H2,1-3H3;1H. The van der Waals surface area contributed by atoms with Crippen molar-refractivity contribution in [3.8, 4) is 0 Å². The number of carbonyl (C=O) groups is 3. The van der Waals surface area contributed by atoms with Gasteiger partial charge in [-0.3, -0.25) is 19.3 Å². The van der Waals surface area contributed by atoms with E-state index in [1.54, 1.807) is 11.9 Å². The fraction of sp³-hybridized carbons (Fsp3) is 0.812. The highest BCUT2D eigenvalue weighted by atomic mass is 35.5. The number of nitrogens with zero attached hydrogens (tertiary/aromatic N) is 2. The van der Waals surface area contributed by atoms with E-state index in [-0.39, 0.29) is 66.1 Å². The van der Waals surface area contributed by atoms with Crippen molar-refractivity contribution in [3.63, 3.8) is 0 Å². The predicted molar refractivity (Wildman–Crippen MR) is 89.3 cm³/mol. The number of nitrogens with two attached hydrogens (primary N) is 1. The van der Waals surface area contributed by atoms with Crippen LogP contribution in [-0.4, -0.2) is 66.4 Å². The van der Waals surface area contributed by atoms with Crippen LogP contribution in [0.15, 0.2) is 0 Å². The maximum absolute atomic E-state index is 12.5. The summed E-state index contributed by atoms with van der Waals surface area (Å²) in [5.74, 6) is -1.47. The van der Waals surface area contributed by atoms with Crippen molar-refractivity contribution >= 4 is 30.1 Å². The first-order chi connectivity index (χ1) is 10.7. The highest BCUT2D eigenvalue weighted by Crippen LogP contribution is 2.48. The van der Waals surface area contributed by atoms with Crippen LogP contribution in [0, 0.1) is 17.3 Å². The molecule has 2 bridgehead atoms. The van der Waals surface area contributed by atoms with Gasteiger partial charge in [0.2, 0.25) is 17.7 Å². The lowest BCUT2D eigenvalue weighted by Gasteiger charge is -2.30. The zero-order valence-electron chi connectivity index (χ0n) is 14.4. The van der Waals surface area contributed by atoms with Crippen molar-refractivity contribution in [2.45, 2.75) is 38.9 Å². The van der Waals surface area contributed by atoms with Crippen molar-refractivity contribution in [1.29, 1.82) is 0 Å². The summed E-state index contributed by atoms with van der Waals surface area (Å²) in [5, 5.41) is 0. The molecule has 0 saturated carbocycles. The van der Waals surface area contributed by atoms with Crippen molar-refractivity contribution < 1.29 is 19.1 Å². The number of rotatable bonds is 5. The van der Waals surface area contributed by atoms with Crippen molar-refractivity contribution in [1.82, 2.24) is 9.80 Å². The maximum atomic E-state index is 12.5. The van der Waals surface area contributed by atoms with Gasteiger partial charge in [0.25, 0.3) is 0 Å². The Bertz CT molecular complexity index is 525. The molecule has 8 heteroatoms. The Morgan fingerprint density at radius 1 is 1.25 bits per heavy atom. The lowest BCUT2D eigenvalue weighted by Crippen LogP contribution is -2.46. The summed E-state index contributed by atoms with van der Waals surface area (Å²) >= 11 is 0. The van der Waals surface area contributed by atoms with E-state index in [0.717, 1.165) is 17.7 Å². The molecule has 4 atom stereocenters. The quantitative estimate of drug-likeness (QED) is 0.698. The second-order valence-corrected chi connectivity index (χ2v) is 7.72. The van der Waals surface area contributed by atoms with Crippen molar-refractivity contribution in [2.75, 3.05) is 26.7 Å². The predicted octanol–water partition coefficient (Wildman–Crippen LogP) is 0.0139. The second kappa shape index (κ2) is 6.61. The van der Waals surface area contributed by atoms with Crippen LogP contribution in [0.3, 0.4) is 0 Å². The highest BCUT2D eigenvalue weighted by Gasteiger charge is 2.62. The molecular weight excluding hydrogens is 334 g/mol. The van der Waals surface area contributed by atoms with E-state index in [4.69, 9.17) is 10.5 Å². The molecule has 3 rings (SSSR count). The van der Waals surface area contributed by atoms with E-state index in [2.05, 4.69) is 0 Å². The Hall–Kier alpha value is -1.18. The molecule has 0 aromatic rings. The van der Waals surface area contributed by atoms with E-state index in [1.165, 1.54) is 0 Å². The Morgan fingerprint density at radius 2 is 1.75 bits per heavy atom. The summed E-state index contributed by atoms with van der Waals surface area (Å²) in [6.45, 7) is 4.71. The molecule has 3 fully saturated rings. The molecule has 3 aliphatic heterocycles. The van der Waals surface area contributed by atoms with E-state index >= 15 is 0 Å². The molecule has 0 spiro atoms. The molecular formula is C16H26ClN3O4. The number of ether oxygens (including phenoxy) is 1. The molecule has 2 N–H and O–H groups in total. The van der Waals surface area contributed by atoms with Crippen LogP contribution >= 0.6 is 12.4 Å². The van der Waals surface area contributed by atoms with Crippen LogP contribution in [0.4, 0.5) is 0 Å². The van der Waals surface area contributed by atoms with Gasteiger partial charge in [0.15, 0.2) is 0 Å². The Kier molecular flexibility index (Phi) is 5.28. The zero-order chi connectivity index (χ0) is 16.9. The SMILES string of the molecule is CN(CC(C)(C)CN)C(=O)CN1C(=O)C2C3CCC(O3)C2C1=O.Cl. The zero-order valence-corrected chi connectivity index (χ0v) is 15.2. The topological polar surface area (TPSA) is 92.9 Å². The van der Waals surface area contributed by atoms with Crippen molar-refractivity contribution in [2.24, 2.45) is 23.0 Å². The van der Waals surface area contributed by atoms with Crippen LogP contribution < -0.4 is 5.73 Å². The van der Waals surface area contributed by atoms with Gasteiger partial charge in [0.05, 0.1) is 24.0 Å². The van der Waals surface area contributed by atoms with E-state index in [1.807, 2.05) is 13.8 Å². The third-order valence-electron chi connectivity index (χ3n) is 5.31. The van der Waals surface area contributed by atoms with Gasteiger partial charge in [-0.1, -0.05) is 13.8 Å². The van der Waals surface area contributed by atoms with Gasteiger partial charge < -0.3 is 15.4 Å². The van der Waals surface area contributed by atoms with E-state index in [0.29, 0.717) is 13.1 Å². The molecule has 0 aromatic carbocycles. The number of likely N-dealkylation sites (tertiary alicyclic amines) is 1. The number of carbonyl (C=O) groups excluding carboxylic acids is 3. The van der Waals surface area contributed by atoms with Gasteiger partial charge in [0.1, 0.15) is 6.54 Å². The number of fused-ring (bicyclic) bond motifs is 5. The summed E-state index contributed by atoms with van der Waals surface area (Å²) in [5.41, 5.74) is 5.49. The minimum Gasteiger partial charge on any atom is -0.373 e. The first-order valence-corrected chi connectivity index (χ1v) is 8.20. The third-order valence-corrected chi connectivity index (χ3v) is 5.31. The minimum atomic E-state index is -0.375. The number of halogens is 1. The largest absolute Gasteiger partial charge is 0.373 e. The third kappa shape index (κ3) is 3.05. The minimum absolute atomic E-state index is 0. The molecule has 0 aromatic heterocycles. The maximum Gasteiger partial charge on any atom is 0.242 e. The molecule has 0 aliphatic carbocycles. The van der Waals surface area contributed by atoms with Gasteiger partial charge in [-0.05, 0) is 24.8 Å². The Balaban J connectivity index is 0.00000208. The molecule has 24 heavy (non-hydrogen) atoms. The fourth-order valence-corrected chi connectivity index (χ4v) is 3.98. The summed E-state index contributed by atoms with van der Waals surface area (Å²) in [7, 11) is 1.68. The highest BCUT2D eigenvalue weighted by molar-refractivity contribution is 6.08. The number of imide groups is 1. The first-order valence-electron chi connectivity index (χ1n) is 8.20. The summed E-state index contributed by atoms with van der Waals surface area (Å²) in [6, 6.07) is 0. The molecule has 3 amide bonds. The van der Waals surface area contributed by atoms with E-state index < -0.39 is 0 Å². The summed E-state index contributed by atoms with van der Waals surface area (Å²) in [4.78, 5) is 40.1. The number of hydrogen-bond acceptors (Lipinski definition) is 5. The molecule has 3 aliphatic rings. The summed E-state index contributed by atoms with van der Waals surface area (Å²) in [6.07, 6.45) is 1.37. The molecule has 136 valence electrons. The van der Waals surface area contributed by atoms with E-state index in [9.17, 15) is 14.4 Å². The monoisotopic (exact) mass is 359 g/mol. The number of likely N-dealkylation sites (N-methyl/N-ethyl adjacent to an activating group) is 1. The number of hydrogen-bond donors (Lipinski definition) is 1. The van der Waals surface area contributed by atoms with Crippen LogP contribution in [0.2, 0.25) is 0 Å². The molecule has 7 nitrogen and oxygen atoms in total. The molecule has 4 unspecified atom stereocenters. The average molecular weight is 360 g/mol. The molecule has 3 saturated heterocycles. The Morgan fingerprint density at radius 3 is 2.21 bits per heavy atom. The van der Waals surface area contributed by atoms with Crippen molar-refractivity contribution in [3.05, 3.63) is 0 Å². The lowest BCUT2D eigenvalue weighted by molar-refractivity contribution is -0.148. The van der Waals surface area contributed by atoms with Crippen LogP contribution in [0.1, 0.15) is 26.7 Å². The average Bonchev–Trinajstić information content (AvgIpc) is 3.16. The number of amides is 3. The van der Waals surface area contributed by atoms with Gasteiger partial charge in [-0.15, -0.1) is 12.4 Å². The smallest absolute Gasteiger partial charge is 0.242 e. The Labute approximate surface area is 148 Å². The summed E-state index contributed by atoms with van der Waals surface area (Å²) < 4.78 is 5.68. The van der Waals surface area contributed by atoms with Gasteiger partial charge in [-0.2, -0.15) is 0 Å². The second-order valence-electron chi connectivity index (χ2n) is 7.72. The van der Waals surface area contributed by atoms with Crippen LogP contribution in [0.5, 0.6) is 0 Å². The first kappa shape index (κ1) is 19.1. The lowest BCUT2D eigenvalue weighted by atomic mass is 9.81. The molecule has 3 heterocycles. The fourth-order valence-electron chi connectivity index (χ4n) is 3.98. The van der Waals surface area contributed by atoms with Crippen LogP contribution in [-0.2, 0) is 19.1 Å². The van der Waals surface area contributed by atoms with Crippen LogP contribution in [0.25, 0.3) is 0 Å².